The molecule has 0 aliphatic rings. The molecular weight excluding hydrogens is 370 g/mol. The SMILES string of the molecule is CCn1c(SCC(=O)NCc2ccc(Cl)cc2)nnc1-c1ccccn1. The van der Waals surface area contributed by atoms with Gasteiger partial charge in [0.25, 0.3) is 0 Å². The van der Waals surface area contributed by atoms with Gasteiger partial charge in [-0.05, 0) is 36.8 Å². The molecule has 0 saturated heterocycles. The van der Waals surface area contributed by atoms with E-state index in [-0.39, 0.29) is 11.7 Å². The molecule has 0 bridgehead atoms. The van der Waals surface area contributed by atoms with Crippen molar-refractivity contribution in [1.29, 1.82) is 0 Å². The van der Waals surface area contributed by atoms with Crippen LogP contribution in [0.5, 0.6) is 0 Å². The molecule has 2 heterocycles. The third-order valence-corrected chi connectivity index (χ3v) is 4.88. The zero-order valence-electron chi connectivity index (χ0n) is 14.2. The van der Waals surface area contributed by atoms with Gasteiger partial charge < -0.3 is 9.88 Å². The van der Waals surface area contributed by atoms with Crippen molar-refractivity contribution in [2.75, 3.05) is 5.75 Å². The Bertz CT molecular complexity index is 867. The van der Waals surface area contributed by atoms with Gasteiger partial charge in [0.15, 0.2) is 11.0 Å². The number of nitrogens with one attached hydrogen (secondary N) is 1. The minimum atomic E-state index is -0.0602. The molecule has 3 aromatic rings. The van der Waals surface area contributed by atoms with E-state index in [1.54, 1.807) is 18.3 Å². The summed E-state index contributed by atoms with van der Waals surface area (Å²) in [6.07, 6.45) is 1.72. The van der Waals surface area contributed by atoms with Crippen LogP contribution < -0.4 is 5.32 Å². The smallest absolute Gasteiger partial charge is 0.230 e. The Hall–Kier alpha value is -2.38. The molecule has 6 nitrogen and oxygen atoms in total. The Morgan fingerprint density at radius 1 is 1.19 bits per heavy atom. The van der Waals surface area contributed by atoms with Crippen molar-refractivity contribution in [3.63, 3.8) is 0 Å². The monoisotopic (exact) mass is 387 g/mol. The van der Waals surface area contributed by atoms with Crippen LogP contribution in [0.4, 0.5) is 0 Å². The quantitative estimate of drug-likeness (QED) is 0.629. The van der Waals surface area contributed by atoms with Crippen LogP contribution in [0, 0.1) is 0 Å². The number of halogens is 1. The number of hydrogen-bond acceptors (Lipinski definition) is 5. The van der Waals surface area contributed by atoms with Gasteiger partial charge in [-0.15, -0.1) is 10.2 Å². The molecule has 0 saturated carbocycles. The Morgan fingerprint density at radius 2 is 2.00 bits per heavy atom. The number of pyridine rings is 1. The summed E-state index contributed by atoms with van der Waals surface area (Å²) in [6.45, 7) is 3.18. The number of thioether (sulfide) groups is 1. The van der Waals surface area contributed by atoms with E-state index in [1.165, 1.54) is 11.8 Å². The summed E-state index contributed by atoms with van der Waals surface area (Å²) in [4.78, 5) is 16.4. The van der Waals surface area contributed by atoms with E-state index in [2.05, 4.69) is 20.5 Å². The molecule has 1 N–H and O–H groups in total. The fourth-order valence-corrected chi connectivity index (χ4v) is 3.31. The molecule has 0 unspecified atom stereocenters. The number of carbonyl (C=O) groups excluding carboxylic acids is 1. The molecule has 1 amide bonds. The molecule has 0 spiro atoms. The van der Waals surface area contributed by atoms with Gasteiger partial charge in [-0.1, -0.05) is 41.6 Å². The molecule has 0 aliphatic carbocycles. The maximum atomic E-state index is 12.1. The maximum Gasteiger partial charge on any atom is 0.230 e. The first-order chi connectivity index (χ1) is 12.7. The van der Waals surface area contributed by atoms with Gasteiger partial charge in [-0.2, -0.15) is 0 Å². The molecule has 134 valence electrons. The molecule has 0 fully saturated rings. The normalized spacial score (nSPS) is 10.7. The van der Waals surface area contributed by atoms with Gasteiger partial charge in [0.1, 0.15) is 5.69 Å². The van der Waals surface area contributed by atoms with E-state index in [4.69, 9.17) is 11.6 Å². The van der Waals surface area contributed by atoms with Gasteiger partial charge in [0.05, 0.1) is 5.75 Å². The summed E-state index contributed by atoms with van der Waals surface area (Å²) in [5.41, 5.74) is 1.77. The van der Waals surface area contributed by atoms with Crippen LogP contribution in [0.3, 0.4) is 0 Å². The van der Waals surface area contributed by atoms with E-state index in [1.807, 2.05) is 41.8 Å². The molecular formula is C18H18ClN5OS. The average molecular weight is 388 g/mol. The summed E-state index contributed by atoms with van der Waals surface area (Å²) >= 11 is 7.22. The minimum absolute atomic E-state index is 0.0602. The Labute approximate surface area is 161 Å². The molecule has 0 aliphatic heterocycles. The van der Waals surface area contributed by atoms with Gasteiger partial charge in [-0.25, -0.2) is 0 Å². The summed E-state index contributed by atoms with van der Waals surface area (Å²) in [7, 11) is 0. The summed E-state index contributed by atoms with van der Waals surface area (Å²) < 4.78 is 1.96. The number of rotatable bonds is 7. The van der Waals surface area contributed by atoms with Crippen molar-refractivity contribution in [2.24, 2.45) is 0 Å². The molecule has 3 rings (SSSR count). The first-order valence-corrected chi connectivity index (χ1v) is 9.52. The number of nitrogens with zero attached hydrogens (tertiary/aromatic N) is 4. The second kappa shape index (κ2) is 8.82. The summed E-state index contributed by atoms with van der Waals surface area (Å²) in [5, 5.41) is 12.7. The van der Waals surface area contributed by atoms with E-state index >= 15 is 0 Å². The van der Waals surface area contributed by atoms with Gasteiger partial charge in [0.2, 0.25) is 5.91 Å². The van der Waals surface area contributed by atoms with Gasteiger partial charge in [0, 0.05) is 24.3 Å². The first kappa shape index (κ1) is 18.4. The molecule has 8 heteroatoms. The highest BCUT2D eigenvalue weighted by Gasteiger charge is 2.15. The highest BCUT2D eigenvalue weighted by atomic mass is 35.5. The van der Waals surface area contributed by atoms with Crippen molar-refractivity contribution in [3.8, 4) is 11.5 Å². The molecule has 0 atom stereocenters. The molecule has 26 heavy (non-hydrogen) atoms. The number of aromatic nitrogens is 4. The van der Waals surface area contributed by atoms with E-state index < -0.39 is 0 Å². The van der Waals surface area contributed by atoms with E-state index in [0.29, 0.717) is 29.1 Å². The lowest BCUT2D eigenvalue weighted by atomic mass is 10.2. The number of hydrogen-bond donors (Lipinski definition) is 1. The van der Waals surface area contributed by atoms with Crippen molar-refractivity contribution in [3.05, 3.63) is 59.2 Å². The van der Waals surface area contributed by atoms with Crippen LogP contribution in [-0.4, -0.2) is 31.4 Å². The highest BCUT2D eigenvalue weighted by molar-refractivity contribution is 7.99. The Balaban J connectivity index is 1.58. The Kier molecular flexibility index (Phi) is 6.25. The Morgan fingerprint density at radius 3 is 2.69 bits per heavy atom. The van der Waals surface area contributed by atoms with Crippen molar-refractivity contribution in [1.82, 2.24) is 25.1 Å². The lowest BCUT2D eigenvalue weighted by Gasteiger charge is -2.07. The lowest BCUT2D eigenvalue weighted by Crippen LogP contribution is -2.24. The fraction of sp³-hybridized carbons (Fsp3) is 0.222. The number of amides is 1. The van der Waals surface area contributed by atoms with Crippen LogP contribution in [0.25, 0.3) is 11.5 Å². The van der Waals surface area contributed by atoms with Crippen LogP contribution in [0.15, 0.2) is 53.8 Å². The van der Waals surface area contributed by atoms with Crippen molar-refractivity contribution >= 4 is 29.3 Å². The van der Waals surface area contributed by atoms with Crippen LogP contribution in [0.1, 0.15) is 12.5 Å². The van der Waals surface area contributed by atoms with E-state index in [0.717, 1.165) is 11.3 Å². The first-order valence-electron chi connectivity index (χ1n) is 8.16. The standard InChI is InChI=1S/C18H18ClN5OS/c1-2-24-17(15-5-3-4-10-20-15)22-23-18(24)26-12-16(25)21-11-13-6-8-14(19)9-7-13/h3-10H,2,11-12H2,1H3,(H,21,25). The molecule has 1 aromatic carbocycles. The lowest BCUT2D eigenvalue weighted by molar-refractivity contribution is -0.118. The molecule has 2 aromatic heterocycles. The largest absolute Gasteiger partial charge is 0.351 e. The second-order valence-corrected chi connectivity index (χ2v) is 6.84. The fourth-order valence-electron chi connectivity index (χ4n) is 2.35. The van der Waals surface area contributed by atoms with Crippen LogP contribution >= 0.6 is 23.4 Å². The second-order valence-electron chi connectivity index (χ2n) is 5.46. The van der Waals surface area contributed by atoms with E-state index in [9.17, 15) is 4.79 Å². The van der Waals surface area contributed by atoms with Gasteiger partial charge in [-0.3, -0.25) is 9.78 Å². The molecule has 0 radical (unpaired) electrons. The predicted octanol–water partition coefficient (Wildman–Crippen LogP) is 3.42. The maximum absolute atomic E-state index is 12.1. The zero-order chi connectivity index (χ0) is 18.4. The van der Waals surface area contributed by atoms with Crippen molar-refractivity contribution in [2.45, 2.75) is 25.2 Å². The third kappa shape index (κ3) is 4.62. The van der Waals surface area contributed by atoms with Crippen LogP contribution in [-0.2, 0) is 17.9 Å². The summed E-state index contributed by atoms with van der Waals surface area (Å²) in [6, 6.07) is 13.1. The minimum Gasteiger partial charge on any atom is -0.351 e. The summed E-state index contributed by atoms with van der Waals surface area (Å²) in [5.74, 6) is 0.917. The number of carbonyl (C=O) groups is 1. The van der Waals surface area contributed by atoms with Crippen LogP contribution in [0.2, 0.25) is 5.02 Å². The highest BCUT2D eigenvalue weighted by Crippen LogP contribution is 2.22. The predicted molar refractivity (Wildman–Crippen MR) is 103 cm³/mol. The zero-order valence-corrected chi connectivity index (χ0v) is 15.8. The van der Waals surface area contributed by atoms with Crippen molar-refractivity contribution < 1.29 is 4.79 Å². The topological polar surface area (TPSA) is 72.7 Å². The number of benzene rings is 1. The third-order valence-electron chi connectivity index (χ3n) is 3.66. The average Bonchev–Trinajstić information content (AvgIpc) is 3.09. The van der Waals surface area contributed by atoms with Gasteiger partial charge >= 0.3 is 0 Å².